The first-order chi connectivity index (χ1) is 13.1. The second kappa shape index (κ2) is 9.32. The number of alkyl halides is 2. The molecule has 2 atom stereocenters. The van der Waals surface area contributed by atoms with E-state index in [9.17, 15) is 8.78 Å². The first kappa shape index (κ1) is 19.8. The summed E-state index contributed by atoms with van der Waals surface area (Å²) >= 11 is 0. The van der Waals surface area contributed by atoms with E-state index < -0.39 is 6.61 Å². The maximum absolute atomic E-state index is 12.2. The van der Waals surface area contributed by atoms with Gasteiger partial charge < -0.3 is 9.64 Å². The Morgan fingerprint density at radius 2 is 1.67 bits per heavy atom. The fraction of sp³-hybridized carbons (Fsp3) is 0.478. The number of hydrogen-bond acceptors (Lipinski definition) is 2. The lowest BCUT2D eigenvalue weighted by Crippen LogP contribution is -2.30. The minimum absolute atomic E-state index is 0.113. The van der Waals surface area contributed by atoms with E-state index in [1.165, 1.54) is 22.4 Å². The van der Waals surface area contributed by atoms with Crippen molar-refractivity contribution in [1.82, 2.24) is 0 Å². The molecule has 1 heterocycles. The summed E-state index contributed by atoms with van der Waals surface area (Å²) in [6.45, 7) is 2.82. The molecule has 0 aliphatic carbocycles. The second-order valence-electron chi connectivity index (χ2n) is 7.32. The van der Waals surface area contributed by atoms with E-state index in [1.54, 1.807) is 0 Å². The van der Waals surface area contributed by atoms with Crippen molar-refractivity contribution in [2.24, 2.45) is 0 Å². The minimum Gasteiger partial charge on any atom is -0.368 e. The summed E-state index contributed by atoms with van der Waals surface area (Å²) in [6, 6.07) is 17.9. The van der Waals surface area contributed by atoms with Gasteiger partial charge in [-0.15, -0.1) is 0 Å². The first-order valence-corrected chi connectivity index (χ1v) is 9.93. The van der Waals surface area contributed by atoms with Crippen molar-refractivity contribution in [3.63, 3.8) is 0 Å². The Balaban J connectivity index is 1.65. The summed E-state index contributed by atoms with van der Waals surface area (Å²) in [6.07, 6.45) is 3.84. The number of rotatable bonds is 8. The van der Waals surface area contributed by atoms with Crippen molar-refractivity contribution in [2.75, 3.05) is 18.1 Å². The smallest absolute Gasteiger partial charge is 0.345 e. The van der Waals surface area contributed by atoms with Crippen molar-refractivity contribution in [3.8, 4) is 0 Å². The highest BCUT2D eigenvalue weighted by Gasteiger charge is 2.25. The lowest BCUT2D eigenvalue weighted by atomic mass is 9.92. The summed E-state index contributed by atoms with van der Waals surface area (Å²) in [5.41, 5.74) is 5.15. The average molecular weight is 373 g/mol. The van der Waals surface area contributed by atoms with E-state index in [1.807, 2.05) is 0 Å². The number of benzene rings is 2. The van der Waals surface area contributed by atoms with Crippen LogP contribution in [0, 0.1) is 0 Å². The largest absolute Gasteiger partial charge is 0.368 e. The Labute approximate surface area is 161 Å². The van der Waals surface area contributed by atoms with Gasteiger partial charge in [0, 0.05) is 24.2 Å². The summed E-state index contributed by atoms with van der Waals surface area (Å²) in [4.78, 5) is 2.33. The van der Waals surface area contributed by atoms with Crippen LogP contribution >= 0.6 is 0 Å². The van der Waals surface area contributed by atoms with Crippen molar-refractivity contribution >= 4 is 5.69 Å². The van der Waals surface area contributed by atoms with Gasteiger partial charge >= 0.3 is 6.61 Å². The van der Waals surface area contributed by atoms with E-state index in [0.717, 1.165) is 25.8 Å². The number of nitrogens with zero attached hydrogens (tertiary/aromatic N) is 1. The topological polar surface area (TPSA) is 12.5 Å². The van der Waals surface area contributed by atoms with E-state index >= 15 is 0 Å². The van der Waals surface area contributed by atoms with E-state index in [4.69, 9.17) is 0 Å². The van der Waals surface area contributed by atoms with E-state index in [0.29, 0.717) is 12.3 Å². The Morgan fingerprint density at radius 1 is 1.04 bits per heavy atom. The highest BCUT2D eigenvalue weighted by molar-refractivity contribution is 5.50. The summed E-state index contributed by atoms with van der Waals surface area (Å²) < 4.78 is 28.8. The Morgan fingerprint density at radius 3 is 2.26 bits per heavy atom. The standard InChI is InChI=1S/C23H29F2NO/c1-3-18-6-8-19(9-7-18)17(2)20-10-12-22(13-11-20)26-15-4-5-21(26)14-16-27-23(24)25/h6-13,17,21,23H,3-5,14-16H2,1-2H3/t17?,21-/m0/s1. The van der Waals surface area contributed by atoms with Crippen molar-refractivity contribution in [1.29, 1.82) is 0 Å². The highest BCUT2D eigenvalue weighted by Crippen LogP contribution is 2.30. The predicted molar refractivity (Wildman–Crippen MR) is 107 cm³/mol. The molecule has 3 rings (SSSR count). The average Bonchev–Trinajstić information content (AvgIpc) is 3.16. The molecule has 1 aliphatic heterocycles. The molecule has 0 N–H and O–H groups in total. The molecule has 0 aromatic heterocycles. The molecule has 0 bridgehead atoms. The normalized spacial score (nSPS) is 18.3. The van der Waals surface area contributed by atoms with Crippen LogP contribution in [0.3, 0.4) is 0 Å². The molecular weight excluding hydrogens is 344 g/mol. The fourth-order valence-corrected chi connectivity index (χ4v) is 3.96. The number of ether oxygens (including phenoxy) is 1. The molecule has 2 aromatic rings. The van der Waals surface area contributed by atoms with Crippen LogP contribution in [0.4, 0.5) is 14.5 Å². The van der Waals surface area contributed by atoms with Gasteiger partial charge in [0.1, 0.15) is 0 Å². The quantitative estimate of drug-likeness (QED) is 0.563. The van der Waals surface area contributed by atoms with Gasteiger partial charge in [-0.3, -0.25) is 0 Å². The van der Waals surface area contributed by atoms with Crippen molar-refractivity contribution in [2.45, 2.75) is 58.1 Å². The van der Waals surface area contributed by atoms with Gasteiger partial charge in [-0.25, -0.2) is 0 Å². The summed E-state index contributed by atoms with van der Waals surface area (Å²) in [5, 5.41) is 0. The van der Waals surface area contributed by atoms with Crippen LogP contribution in [0.2, 0.25) is 0 Å². The fourth-order valence-electron chi connectivity index (χ4n) is 3.96. The SMILES string of the molecule is CCc1ccc(C(C)c2ccc(N3CCC[C@H]3CCOC(F)F)cc2)cc1. The van der Waals surface area contributed by atoms with Crippen LogP contribution < -0.4 is 4.90 Å². The number of anilines is 1. The predicted octanol–water partition coefficient (Wildman–Crippen LogP) is 6.00. The van der Waals surface area contributed by atoms with Gasteiger partial charge in [0.25, 0.3) is 0 Å². The van der Waals surface area contributed by atoms with Crippen LogP contribution in [0.25, 0.3) is 0 Å². The first-order valence-electron chi connectivity index (χ1n) is 9.93. The molecule has 2 nitrogen and oxygen atoms in total. The van der Waals surface area contributed by atoms with Crippen LogP contribution in [-0.4, -0.2) is 25.8 Å². The molecule has 0 saturated carbocycles. The van der Waals surface area contributed by atoms with Crippen molar-refractivity contribution in [3.05, 3.63) is 65.2 Å². The highest BCUT2D eigenvalue weighted by atomic mass is 19.3. The molecular formula is C23H29F2NO. The molecule has 2 aromatic carbocycles. The molecule has 1 aliphatic rings. The molecule has 146 valence electrons. The third kappa shape index (κ3) is 5.07. The van der Waals surface area contributed by atoms with Crippen molar-refractivity contribution < 1.29 is 13.5 Å². The molecule has 0 radical (unpaired) electrons. The van der Waals surface area contributed by atoms with Gasteiger partial charge in [-0.2, -0.15) is 8.78 Å². The Hall–Kier alpha value is -1.94. The molecule has 0 spiro atoms. The molecule has 27 heavy (non-hydrogen) atoms. The second-order valence-corrected chi connectivity index (χ2v) is 7.32. The van der Waals surface area contributed by atoms with Gasteiger partial charge in [0.05, 0.1) is 6.61 Å². The lowest BCUT2D eigenvalue weighted by Gasteiger charge is -2.27. The molecule has 1 fully saturated rings. The monoisotopic (exact) mass is 373 g/mol. The minimum atomic E-state index is -2.67. The number of aryl methyl sites for hydroxylation is 1. The molecule has 4 heteroatoms. The summed E-state index contributed by atoms with van der Waals surface area (Å²) in [7, 11) is 0. The van der Waals surface area contributed by atoms with Gasteiger partial charge in [0.15, 0.2) is 0 Å². The molecule has 1 unspecified atom stereocenters. The number of halogens is 2. The van der Waals surface area contributed by atoms with Gasteiger partial charge in [-0.05, 0) is 54.5 Å². The Bertz CT molecular complexity index is 699. The van der Waals surface area contributed by atoms with Crippen LogP contribution in [-0.2, 0) is 11.2 Å². The van der Waals surface area contributed by atoms with Crippen LogP contribution in [0.15, 0.2) is 48.5 Å². The molecule has 0 amide bonds. The van der Waals surface area contributed by atoms with E-state index in [-0.39, 0.29) is 12.6 Å². The van der Waals surface area contributed by atoms with Crippen LogP contribution in [0.5, 0.6) is 0 Å². The van der Waals surface area contributed by atoms with Crippen LogP contribution in [0.1, 0.15) is 55.7 Å². The number of hydrogen-bond donors (Lipinski definition) is 0. The zero-order valence-electron chi connectivity index (χ0n) is 16.2. The maximum atomic E-state index is 12.2. The zero-order chi connectivity index (χ0) is 19.2. The van der Waals surface area contributed by atoms with Gasteiger partial charge in [-0.1, -0.05) is 50.2 Å². The zero-order valence-corrected chi connectivity index (χ0v) is 16.2. The lowest BCUT2D eigenvalue weighted by molar-refractivity contribution is -0.129. The molecule has 1 saturated heterocycles. The Kier molecular flexibility index (Phi) is 6.84. The maximum Gasteiger partial charge on any atom is 0.345 e. The van der Waals surface area contributed by atoms with E-state index in [2.05, 4.69) is 72.0 Å². The van der Waals surface area contributed by atoms with Gasteiger partial charge in [0.2, 0.25) is 0 Å². The third-order valence-electron chi connectivity index (χ3n) is 5.68. The summed E-state index contributed by atoms with van der Waals surface area (Å²) in [5.74, 6) is 0.346. The third-order valence-corrected chi connectivity index (χ3v) is 5.68.